The lowest BCUT2D eigenvalue weighted by atomic mass is 10.2. The Morgan fingerprint density at radius 1 is 1.11 bits per heavy atom. The number of hydrogen-bond acceptors (Lipinski definition) is 8. The van der Waals surface area contributed by atoms with Gasteiger partial charge in [-0.25, -0.2) is 19.3 Å². The number of amides is 1. The Morgan fingerprint density at radius 2 is 1.89 bits per heavy atom. The Kier molecular flexibility index (Phi) is 5.54. The summed E-state index contributed by atoms with van der Waals surface area (Å²) in [5.41, 5.74) is 3.11. The summed E-state index contributed by atoms with van der Waals surface area (Å²) in [6.07, 6.45) is 3.39. The molecule has 5 rings (SSSR count). The smallest absolute Gasteiger partial charge is 0.410 e. The number of anilines is 1. The van der Waals surface area contributed by atoms with Gasteiger partial charge < -0.3 is 14.5 Å². The number of aromatic nitrogens is 5. The number of piperazine rings is 1. The molecular formula is C24H29N7O3S. The molecule has 1 fully saturated rings. The maximum absolute atomic E-state index is 13.0. The predicted molar refractivity (Wildman–Crippen MR) is 135 cm³/mol. The molecule has 35 heavy (non-hydrogen) atoms. The fraction of sp³-hybridized carbons (Fsp3) is 0.458. The summed E-state index contributed by atoms with van der Waals surface area (Å²) < 4.78 is 8.85. The summed E-state index contributed by atoms with van der Waals surface area (Å²) in [5, 5.41) is 5.56. The minimum Gasteiger partial charge on any atom is -0.444 e. The van der Waals surface area contributed by atoms with Crippen LogP contribution in [-0.2, 0) is 4.74 Å². The minimum atomic E-state index is -0.529. The summed E-state index contributed by atoms with van der Waals surface area (Å²) in [7, 11) is 0. The van der Waals surface area contributed by atoms with E-state index in [-0.39, 0.29) is 17.7 Å². The Balaban J connectivity index is 1.42. The summed E-state index contributed by atoms with van der Waals surface area (Å²) in [6.45, 7) is 13.3. The number of carbonyl (C=O) groups excluding carboxylic acids is 1. The number of rotatable bonds is 2. The van der Waals surface area contributed by atoms with Crippen LogP contribution in [0.1, 0.15) is 39.0 Å². The maximum atomic E-state index is 13.0. The Morgan fingerprint density at radius 3 is 2.60 bits per heavy atom. The Bertz CT molecular complexity index is 1500. The van der Waals surface area contributed by atoms with E-state index in [0.29, 0.717) is 36.0 Å². The molecule has 1 amide bonds. The van der Waals surface area contributed by atoms with Gasteiger partial charge in [0.15, 0.2) is 10.6 Å². The molecule has 0 spiro atoms. The van der Waals surface area contributed by atoms with Crippen molar-refractivity contribution >= 4 is 33.0 Å². The molecule has 0 unspecified atom stereocenters. The first kappa shape index (κ1) is 23.3. The second-order valence-electron chi connectivity index (χ2n) is 10.0. The number of ether oxygens (including phenoxy) is 1. The van der Waals surface area contributed by atoms with Crippen LogP contribution in [0.5, 0.6) is 0 Å². The van der Waals surface area contributed by atoms with Gasteiger partial charge in [-0.3, -0.25) is 9.20 Å². The van der Waals surface area contributed by atoms with Gasteiger partial charge >= 0.3 is 6.09 Å². The number of hydrogen-bond donors (Lipinski definition) is 0. The van der Waals surface area contributed by atoms with Crippen LogP contribution < -0.4 is 10.5 Å². The third-order valence-electron chi connectivity index (χ3n) is 5.91. The third kappa shape index (κ3) is 4.47. The molecule has 1 atom stereocenters. The van der Waals surface area contributed by atoms with E-state index in [4.69, 9.17) is 9.72 Å². The van der Waals surface area contributed by atoms with Crippen molar-refractivity contribution in [2.45, 2.75) is 53.2 Å². The molecule has 4 aromatic heterocycles. The van der Waals surface area contributed by atoms with Gasteiger partial charge in [-0.1, -0.05) is 11.3 Å². The third-order valence-corrected chi connectivity index (χ3v) is 6.96. The van der Waals surface area contributed by atoms with Crippen molar-refractivity contribution in [3.63, 3.8) is 0 Å². The average molecular weight is 496 g/mol. The number of carbonyl (C=O) groups is 1. The number of fused-ring (bicyclic) bond motifs is 2. The molecule has 0 aliphatic carbocycles. The first-order valence-corrected chi connectivity index (χ1v) is 12.4. The summed E-state index contributed by atoms with van der Waals surface area (Å²) in [4.78, 5) is 39.3. The van der Waals surface area contributed by atoms with Gasteiger partial charge in [0.25, 0.3) is 5.56 Å². The molecule has 0 saturated carbocycles. The zero-order valence-corrected chi connectivity index (χ0v) is 21.6. The van der Waals surface area contributed by atoms with Crippen molar-refractivity contribution in [3.8, 4) is 11.4 Å². The molecule has 1 aliphatic rings. The first-order valence-electron chi connectivity index (χ1n) is 11.6. The normalized spacial score (nSPS) is 16.9. The van der Waals surface area contributed by atoms with Crippen LogP contribution in [0, 0.1) is 13.8 Å². The van der Waals surface area contributed by atoms with E-state index in [2.05, 4.69) is 15.0 Å². The highest BCUT2D eigenvalue weighted by atomic mass is 32.1. The fourth-order valence-electron chi connectivity index (χ4n) is 4.29. The highest BCUT2D eigenvalue weighted by Gasteiger charge is 2.31. The Labute approximate surface area is 206 Å². The minimum absolute atomic E-state index is 0.0263. The predicted octanol–water partition coefficient (Wildman–Crippen LogP) is 3.53. The SMILES string of the molecule is Cc1cn2nc(-c3cc(=O)n4cc(N5CCN(C(=O)OC(C)(C)C)[C@@H](C)C5)sc4n3)cc(C)c2n1. The van der Waals surface area contributed by atoms with Gasteiger partial charge in [0.1, 0.15) is 16.3 Å². The molecule has 0 aromatic carbocycles. The molecule has 0 N–H and O–H groups in total. The summed E-state index contributed by atoms with van der Waals surface area (Å²) >= 11 is 1.46. The van der Waals surface area contributed by atoms with Crippen molar-refractivity contribution < 1.29 is 9.53 Å². The standard InChI is InChI=1S/C24H29N7O3S/c1-14-9-18(27-31-11-15(2)25-21(14)31)17-10-19(32)30-13-20(35-22(30)26-17)28-7-8-29(16(3)12-28)23(33)34-24(4,5)6/h9-11,13,16H,7-8,12H2,1-6H3/t16-/m0/s1. The van der Waals surface area contributed by atoms with Gasteiger partial charge in [-0.05, 0) is 53.2 Å². The van der Waals surface area contributed by atoms with Gasteiger partial charge in [-0.2, -0.15) is 5.10 Å². The van der Waals surface area contributed by atoms with Crippen molar-refractivity contribution in [3.05, 3.63) is 46.1 Å². The van der Waals surface area contributed by atoms with E-state index in [1.165, 1.54) is 17.4 Å². The van der Waals surface area contributed by atoms with Crippen molar-refractivity contribution in [2.24, 2.45) is 0 Å². The molecular weight excluding hydrogens is 466 g/mol. The molecule has 184 valence electrons. The number of thiazole rings is 1. The van der Waals surface area contributed by atoms with Crippen molar-refractivity contribution in [2.75, 3.05) is 24.5 Å². The molecule has 4 aromatic rings. The van der Waals surface area contributed by atoms with E-state index in [1.54, 1.807) is 13.8 Å². The summed E-state index contributed by atoms with van der Waals surface area (Å²) in [5.74, 6) is 0. The second kappa shape index (κ2) is 8.33. The first-order chi connectivity index (χ1) is 16.5. The molecule has 11 heteroatoms. The zero-order chi connectivity index (χ0) is 25.1. The van der Waals surface area contributed by atoms with Crippen molar-refractivity contribution in [1.29, 1.82) is 0 Å². The second-order valence-corrected chi connectivity index (χ2v) is 11.0. The molecule has 0 bridgehead atoms. The lowest BCUT2D eigenvalue weighted by Crippen LogP contribution is -2.55. The summed E-state index contributed by atoms with van der Waals surface area (Å²) in [6, 6.07) is 3.40. The monoisotopic (exact) mass is 495 g/mol. The highest BCUT2D eigenvalue weighted by molar-refractivity contribution is 7.20. The van der Waals surface area contributed by atoms with Crippen molar-refractivity contribution in [1.82, 2.24) is 28.9 Å². The molecule has 5 heterocycles. The van der Waals surface area contributed by atoms with E-state index in [9.17, 15) is 9.59 Å². The fourth-order valence-corrected chi connectivity index (χ4v) is 5.31. The quantitative estimate of drug-likeness (QED) is 0.420. The number of imidazole rings is 1. The van der Waals surface area contributed by atoms with E-state index in [0.717, 1.165) is 21.9 Å². The van der Waals surface area contributed by atoms with Crippen LogP contribution >= 0.6 is 11.3 Å². The maximum Gasteiger partial charge on any atom is 0.410 e. The van der Waals surface area contributed by atoms with Crippen LogP contribution in [0.4, 0.5) is 9.80 Å². The van der Waals surface area contributed by atoms with Gasteiger partial charge in [-0.15, -0.1) is 0 Å². The molecule has 10 nitrogen and oxygen atoms in total. The lowest BCUT2D eigenvalue weighted by Gasteiger charge is -2.40. The van der Waals surface area contributed by atoms with Crippen LogP contribution in [0.15, 0.2) is 29.3 Å². The average Bonchev–Trinajstić information content (AvgIpc) is 3.36. The van der Waals surface area contributed by atoms with Crippen LogP contribution in [0.2, 0.25) is 0 Å². The van der Waals surface area contributed by atoms with Gasteiger partial charge in [0.2, 0.25) is 0 Å². The zero-order valence-electron chi connectivity index (χ0n) is 20.8. The van der Waals surface area contributed by atoms with Gasteiger partial charge in [0.05, 0.1) is 17.6 Å². The lowest BCUT2D eigenvalue weighted by molar-refractivity contribution is 0.0159. The number of aryl methyl sites for hydroxylation is 2. The largest absolute Gasteiger partial charge is 0.444 e. The van der Waals surface area contributed by atoms with E-state index >= 15 is 0 Å². The highest BCUT2D eigenvalue weighted by Crippen LogP contribution is 2.29. The van der Waals surface area contributed by atoms with Crippen LogP contribution in [0.25, 0.3) is 22.0 Å². The van der Waals surface area contributed by atoms with Crippen LogP contribution in [0.3, 0.4) is 0 Å². The number of nitrogens with zero attached hydrogens (tertiary/aromatic N) is 7. The molecule has 0 radical (unpaired) electrons. The molecule has 1 aliphatic heterocycles. The topological polar surface area (TPSA) is 97.3 Å². The molecule has 1 saturated heterocycles. The van der Waals surface area contributed by atoms with Crippen LogP contribution in [-0.4, -0.2) is 66.3 Å². The van der Waals surface area contributed by atoms with E-state index in [1.807, 2.05) is 60.0 Å². The Hall–Kier alpha value is -3.47. The van der Waals surface area contributed by atoms with Gasteiger partial charge in [0, 0.05) is 37.9 Å². The van der Waals surface area contributed by atoms with E-state index < -0.39 is 5.60 Å².